The van der Waals surface area contributed by atoms with Gasteiger partial charge in [-0.1, -0.05) is 34.8 Å². The Bertz CT molecular complexity index is 169. The molecule has 0 fully saturated rings. The zero-order valence-corrected chi connectivity index (χ0v) is 9.73. The van der Waals surface area contributed by atoms with Crippen molar-refractivity contribution in [1.29, 1.82) is 0 Å². The first-order chi connectivity index (χ1) is 6.45. The molecule has 0 bridgehead atoms. The van der Waals surface area contributed by atoms with Crippen LogP contribution in [0.15, 0.2) is 0 Å². The van der Waals surface area contributed by atoms with Gasteiger partial charge in [-0.05, 0) is 6.92 Å². The smallest absolute Gasteiger partial charge is 0.435 e. The third kappa shape index (κ3) is 10.2. The second kappa shape index (κ2) is 7.40. The summed E-state index contributed by atoms with van der Waals surface area (Å²) < 4.78 is 12.3. The fourth-order valence-corrected chi connectivity index (χ4v) is 0.652. The van der Waals surface area contributed by atoms with Gasteiger partial charge in [0.25, 0.3) is 0 Å². The number of hydrogen-bond acceptors (Lipinski definition) is 4. The van der Waals surface area contributed by atoms with Crippen LogP contribution in [0.3, 0.4) is 0 Å². The lowest BCUT2D eigenvalue weighted by Gasteiger charge is -2.10. The molecule has 0 saturated heterocycles. The topological polar surface area (TPSA) is 44.8 Å². The number of alkyl halides is 3. The molecule has 0 atom stereocenters. The van der Waals surface area contributed by atoms with E-state index in [0.717, 1.165) is 0 Å². The van der Waals surface area contributed by atoms with Crippen molar-refractivity contribution in [2.24, 2.45) is 0 Å². The van der Waals surface area contributed by atoms with Gasteiger partial charge in [-0.2, -0.15) is 0 Å². The summed E-state index contributed by atoms with van der Waals surface area (Å²) >= 11 is 16.1. The predicted octanol–water partition coefficient (Wildman–Crippen LogP) is 2.71. The van der Waals surface area contributed by atoms with Crippen LogP contribution in [0.2, 0.25) is 0 Å². The highest BCUT2D eigenvalue weighted by molar-refractivity contribution is 6.67. The van der Waals surface area contributed by atoms with Crippen LogP contribution < -0.4 is 0 Å². The molecule has 0 saturated carbocycles. The molecule has 7 heteroatoms. The fraction of sp³-hybridized carbons (Fsp3) is 0.714. The van der Waals surface area contributed by atoms with E-state index in [-0.39, 0.29) is 19.8 Å². The minimum Gasteiger partial charge on any atom is -0.435 e. The van der Waals surface area contributed by atoms with Crippen molar-refractivity contribution >= 4 is 41.0 Å². The molecule has 0 heterocycles. The second-order valence-electron chi connectivity index (χ2n) is 2.09. The van der Waals surface area contributed by atoms with E-state index in [1.807, 2.05) is 0 Å². The summed E-state index contributed by atoms with van der Waals surface area (Å²) in [6, 6.07) is 0. The minimum atomic E-state index is -1.47. The van der Waals surface area contributed by atoms with Crippen LogP contribution in [-0.2, 0) is 14.2 Å². The quantitative estimate of drug-likeness (QED) is 0.435. The third-order valence-corrected chi connectivity index (χ3v) is 1.22. The van der Waals surface area contributed by atoms with Crippen molar-refractivity contribution < 1.29 is 19.0 Å². The molecule has 0 amide bonds. The van der Waals surface area contributed by atoms with Crippen molar-refractivity contribution in [3.63, 3.8) is 0 Å². The van der Waals surface area contributed by atoms with E-state index < -0.39 is 9.95 Å². The van der Waals surface area contributed by atoms with Crippen molar-refractivity contribution in [3.05, 3.63) is 6.61 Å². The number of ether oxygens (including phenoxy) is 3. The van der Waals surface area contributed by atoms with Crippen molar-refractivity contribution in [3.8, 4) is 0 Å². The zero-order chi connectivity index (χ0) is 11.0. The third-order valence-electron chi connectivity index (χ3n) is 0.896. The SMILES string of the molecule is CCOC(=O)OC[CH]OCC(Cl)(Cl)Cl. The Kier molecular flexibility index (Phi) is 7.45. The highest BCUT2D eigenvalue weighted by Gasteiger charge is 2.19. The monoisotopic (exact) mass is 263 g/mol. The van der Waals surface area contributed by atoms with E-state index in [0.29, 0.717) is 0 Å². The average Bonchev–Trinajstić information content (AvgIpc) is 2.02. The van der Waals surface area contributed by atoms with Gasteiger partial charge in [0, 0.05) is 0 Å². The van der Waals surface area contributed by atoms with Gasteiger partial charge < -0.3 is 14.2 Å². The lowest BCUT2D eigenvalue weighted by atomic mass is 10.7. The van der Waals surface area contributed by atoms with Gasteiger partial charge in [0.15, 0.2) is 0 Å². The van der Waals surface area contributed by atoms with E-state index in [9.17, 15) is 4.79 Å². The Morgan fingerprint density at radius 3 is 2.50 bits per heavy atom. The predicted molar refractivity (Wildman–Crippen MR) is 53.5 cm³/mol. The van der Waals surface area contributed by atoms with E-state index in [1.165, 1.54) is 6.61 Å². The van der Waals surface area contributed by atoms with Crippen molar-refractivity contribution in [1.82, 2.24) is 0 Å². The molecule has 0 spiro atoms. The standard InChI is InChI=1S/C7H10Cl3O4/c1-2-13-6(11)14-4-3-12-5-7(8,9)10/h3H,2,4-5H2,1H3. The molecule has 1 radical (unpaired) electrons. The van der Waals surface area contributed by atoms with Crippen LogP contribution in [0.25, 0.3) is 0 Å². The molecule has 83 valence electrons. The van der Waals surface area contributed by atoms with Crippen molar-refractivity contribution in [2.75, 3.05) is 19.8 Å². The van der Waals surface area contributed by atoms with E-state index in [1.54, 1.807) is 6.92 Å². The van der Waals surface area contributed by atoms with Crippen molar-refractivity contribution in [2.45, 2.75) is 10.7 Å². The maximum absolute atomic E-state index is 10.6. The Balaban J connectivity index is 3.26. The van der Waals surface area contributed by atoms with Crippen LogP contribution in [0.1, 0.15) is 6.92 Å². The first-order valence-electron chi connectivity index (χ1n) is 3.75. The number of carbonyl (C=O) groups is 1. The highest BCUT2D eigenvalue weighted by Crippen LogP contribution is 2.25. The molecule has 0 aliphatic carbocycles. The van der Waals surface area contributed by atoms with Crippen LogP contribution in [0, 0.1) is 6.61 Å². The molecule has 0 aromatic heterocycles. The van der Waals surface area contributed by atoms with Crippen LogP contribution in [-0.4, -0.2) is 29.8 Å². The summed E-state index contributed by atoms with van der Waals surface area (Å²) in [7, 11) is 0. The number of halogens is 3. The van der Waals surface area contributed by atoms with Crippen LogP contribution in [0.5, 0.6) is 0 Å². The Hall–Kier alpha value is 0.1000. The molecule has 0 aliphatic rings. The van der Waals surface area contributed by atoms with Gasteiger partial charge in [0.2, 0.25) is 3.79 Å². The van der Waals surface area contributed by atoms with Gasteiger partial charge in [0.05, 0.1) is 13.2 Å². The Morgan fingerprint density at radius 2 is 2.00 bits per heavy atom. The van der Waals surface area contributed by atoms with E-state index in [4.69, 9.17) is 39.5 Å². The summed E-state index contributed by atoms with van der Waals surface area (Å²) in [5.74, 6) is 0. The molecule has 0 aliphatic heterocycles. The Morgan fingerprint density at radius 1 is 1.36 bits per heavy atom. The average molecular weight is 265 g/mol. The molecular formula is C7H10Cl3O4. The lowest BCUT2D eigenvalue weighted by Crippen LogP contribution is -2.14. The molecule has 0 unspecified atom stereocenters. The zero-order valence-electron chi connectivity index (χ0n) is 7.47. The molecule has 0 rings (SSSR count). The summed E-state index contributed by atoms with van der Waals surface area (Å²) in [4.78, 5) is 10.6. The normalized spacial score (nSPS) is 11.1. The molecule has 0 aromatic carbocycles. The van der Waals surface area contributed by atoms with Gasteiger partial charge in [0.1, 0.15) is 13.2 Å². The maximum atomic E-state index is 10.6. The van der Waals surface area contributed by atoms with Gasteiger partial charge >= 0.3 is 6.16 Å². The Labute approximate surface area is 97.3 Å². The van der Waals surface area contributed by atoms with Gasteiger partial charge in [-0.25, -0.2) is 4.79 Å². The lowest BCUT2D eigenvalue weighted by molar-refractivity contribution is 0.0493. The molecular weight excluding hydrogens is 254 g/mol. The molecule has 14 heavy (non-hydrogen) atoms. The molecule has 0 aromatic rings. The van der Waals surface area contributed by atoms with Crippen LogP contribution in [0.4, 0.5) is 4.79 Å². The number of rotatable bonds is 5. The largest absolute Gasteiger partial charge is 0.508 e. The highest BCUT2D eigenvalue weighted by atomic mass is 35.6. The summed E-state index contributed by atoms with van der Waals surface area (Å²) in [5.41, 5.74) is 0. The molecule has 4 nitrogen and oxygen atoms in total. The van der Waals surface area contributed by atoms with Gasteiger partial charge in [-0.3, -0.25) is 0 Å². The summed E-state index contributed by atoms with van der Waals surface area (Å²) in [6.07, 6.45) is -0.763. The number of carbonyl (C=O) groups excluding carboxylic acids is 1. The fourth-order valence-electron chi connectivity index (χ4n) is 0.463. The van der Waals surface area contributed by atoms with Crippen LogP contribution >= 0.6 is 34.8 Å². The maximum Gasteiger partial charge on any atom is 0.508 e. The van der Waals surface area contributed by atoms with Gasteiger partial charge in [-0.15, -0.1) is 0 Å². The summed E-state index contributed by atoms with van der Waals surface area (Å²) in [6.45, 7) is 2.97. The van der Waals surface area contributed by atoms with E-state index >= 15 is 0 Å². The molecule has 0 N–H and O–H groups in total. The number of hydrogen-bond donors (Lipinski definition) is 0. The minimum absolute atomic E-state index is 0.0560. The second-order valence-corrected chi connectivity index (χ2v) is 4.60. The first-order valence-corrected chi connectivity index (χ1v) is 4.88. The van der Waals surface area contributed by atoms with E-state index in [2.05, 4.69) is 9.47 Å². The first kappa shape index (κ1) is 14.1. The summed E-state index contributed by atoms with van der Waals surface area (Å²) in [5, 5.41) is 0.